The molecule has 1 aliphatic rings. The maximum absolute atomic E-state index is 15.0. The summed E-state index contributed by atoms with van der Waals surface area (Å²) in [5, 5.41) is -0.0618. The number of rotatable bonds is 8. The summed E-state index contributed by atoms with van der Waals surface area (Å²) >= 11 is 11.0. The molecule has 0 spiro atoms. The van der Waals surface area contributed by atoms with Crippen molar-refractivity contribution in [3.8, 4) is 0 Å². The van der Waals surface area contributed by atoms with Crippen LogP contribution in [-0.2, 0) is 11.0 Å². The lowest BCUT2D eigenvalue weighted by atomic mass is 9.90. The quantitative estimate of drug-likeness (QED) is 0.178. The second-order valence-electron chi connectivity index (χ2n) is 9.27. The van der Waals surface area contributed by atoms with Crippen molar-refractivity contribution in [2.45, 2.75) is 43.7 Å². The molecular formula is C25H16Cl2F11NO2. The van der Waals surface area contributed by atoms with E-state index in [1.807, 2.05) is 0 Å². The number of carbonyl (C=O) groups excluding carboxylic acids is 2. The van der Waals surface area contributed by atoms with Crippen LogP contribution in [0.3, 0.4) is 0 Å². The van der Waals surface area contributed by atoms with Gasteiger partial charge < -0.3 is 5.32 Å². The van der Waals surface area contributed by atoms with Gasteiger partial charge in [0, 0.05) is 17.5 Å². The number of allylic oxidation sites excluding steroid dienone is 1. The number of alkyl halides is 9. The Morgan fingerprint density at radius 3 is 1.98 bits per heavy atom. The molecule has 0 heterocycles. The Morgan fingerprint density at radius 1 is 0.951 bits per heavy atom. The molecule has 1 atom stereocenters. The van der Waals surface area contributed by atoms with Crippen LogP contribution in [0.1, 0.15) is 52.2 Å². The summed E-state index contributed by atoms with van der Waals surface area (Å²) in [5.74, 6) is -8.33. The van der Waals surface area contributed by atoms with Gasteiger partial charge in [-0.25, -0.2) is 8.78 Å². The van der Waals surface area contributed by atoms with Gasteiger partial charge in [-0.1, -0.05) is 35.3 Å². The molecule has 1 unspecified atom stereocenters. The van der Waals surface area contributed by atoms with Crippen molar-refractivity contribution in [3.63, 3.8) is 0 Å². The van der Waals surface area contributed by atoms with E-state index in [-0.39, 0.29) is 25.0 Å². The Kier molecular flexibility index (Phi) is 9.10. The van der Waals surface area contributed by atoms with Crippen LogP contribution in [-0.4, -0.2) is 30.6 Å². The van der Waals surface area contributed by atoms with Crippen molar-refractivity contribution in [2.75, 3.05) is 6.54 Å². The highest BCUT2D eigenvalue weighted by atomic mass is 35.5. The van der Waals surface area contributed by atoms with Crippen LogP contribution in [0.4, 0.5) is 48.3 Å². The third-order valence-corrected chi connectivity index (χ3v) is 6.77. The zero-order valence-corrected chi connectivity index (χ0v) is 21.6. The summed E-state index contributed by atoms with van der Waals surface area (Å²) < 4.78 is 148. The first-order chi connectivity index (χ1) is 18.6. The first-order valence-electron chi connectivity index (χ1n) is 11.3. The van der Waals surface area contributed by atoms with Gasteiger partial charge in [-0.15, -0.1) is 0 Å². The first kappa shape index (κ1) is 32.6. The molecule has 0 aliphatic heterocycles. The maximum atomic E-state index is 15.0. The molecule has 1 fully saturated rings. The van der Waals surface area contributed by atoms with Crippen LogP contribution in [0.25, 0.3) is 5.83 Å². The third kappa shape index (κ3) is 7.91. The fourth-order valence-corrected chi connectivity index (χ4v) is 4.46. The first-order valence-corrected chi connectivity index (χ1v) is 12.1. The zero-order chi connectivity index (χ0) is 31.1. The topological polar surface area (TPSA) is 46.2 Å². The minimum Gasteiger partial charge on any atom is -0.346 e. The Hall–Kier alpha value is -2.87. The molecule has 16 heteroatoms. The number of carbonyl (C=O) groups is 2. The highest BCUT2D eigenvalue weighted by Gasteiger charge is 2.52. The summed E-state index contributed by atoms with van der Waals surface area (Å²) in [5.41, 5.74) is -6.29. The summed E-state index contributed by atoms with van der Waals surface area (Å²) in [7, 11) is 0. The van der Waals surface area contributed by atoms with Crippen LogP contribution in [0, 0.1) is 11.2 Å². The molecule has 1 N–H and O–H groups in total. The summed E-state index contributed by atoms with van der Waals surface area (Å²) in [6, 6.07) is 2.21. The van der Waals surface area contributed by atoms with Gasteiger partial charge in [0.2, 0.25) is 5.91 Å². The van der Waals surface area contributed by atoms with E-state index in [2.05, 4.69) is 0 Å². The van der Waals surface area contributed by atoms with Crippen molar-refractivity contribution >= 4 is 40.7 Å². The van der Waals surface area contributed by atoms with Gasteiger partial charge in [0.25, 0.3) is 0 Å². The average molecular weight is 642 g/mol. The molecule has 1 amide bonds. The van der Waals surface area contributed by atoms with Gasteiger partial charge in [0.1, 0.15) is 18.3 Å². The average Bonchev–Trinajstić information content (AvgIpc) is 3.62. The van der Waals surface area contributed by atoms with Crippen LogP contribution in [0.5, 0.6) is 0 Å². The standard InChI is InChI=1S/C25H16Cl2F11NO2/c26-16-6-12(7-17(27)20(16)29)14(24(33,34)35)8-18(28)11-1-2-13(15(5-11)25(36,37)38)19(40)9-22(3-4-22)21(41)39-10-23(30,31)32/h1-2,5-8,14H,3-4,9-10H2,(H,39,41)/b18-8-. The highest BCUT2D eigenvalue weighted by Crippen LogP contribution is 2.50. The number of Topliss-reactive ketones (excluding diaryl/α,β-unsaturated/α-hetero) is 1. The molecule has 0 bridgehead atoms. The molecule has 0 saturated heterocycles. The second-order valence-corrected chi connectivity index (χ2v) is 10.1. The van der Waals surface area contributed by atoms with Crippen LogP contribution < -0.4 is 5.32 Å². The summed E-state index contributed by atoms with van der Waals surface area (Å²) in [6.07, 6.45) is -16.4. The number of halogens is 13. The number of hydrogen-bond donors (Lipinski definition) is 1. The number of ketones is 1. The van der Waals surface area contributed by atoms with Crippen molar-refractivity contribution in [1.29, 1.82) is 0 Å². The number of amides is 1. The molecule has 3 nitrogen and oxygen atoms in total. The number of hydrogen-bond acceptors (Lipinski definition) is 2. The molecular weight excluding hydrogens is 626 g/mol. The van der Waals surface area contributed by atoms with E-state index in [1.165, 1.54) is 0 Å². The fourth-order valence-electron chi connectivity index (χ4n) is 3.95. The molecule has 2 aromatic carbocycles. The van der Waals surface area contributed by atoms with E-state index in [9.17, 15) is 57.9 Å². The summed E-state index contributed by atoms with van der Waals surface area (Å²) in [6.45, 7) is -1.72. The van der Waals surface area contributed by atoms with E-state index in [4.69, 9.17) is 23.2 Å². The minimum absolute atomic E-state index is 0.0739. The molecule has 1 saturated carbocycles. The van der Waals surface area contributed by atoms with E-state index >= 15 is 0 Å². The minimum atomic E-state index is -5.32. The van der Waals surface area contributed by atoms with Crippen LogP contribution in [0.2, 0.25) is 10.0 Å². The van der Waals surface area contributed by atoms with Gasteiger partial charge in [0.15, 0.2) is 11.6 Å². The molecule has 2 aromatic rings. The van der Waals surface area contributed by atoms with Gasteiger partial charge in [-0.3, -0.25) is 9.59 Å². The monoisotopic (exact) mass is 641 g/mol. The molecule has 0 radical (unpaired) electrons. The van der Waals surface area contributed by atoms with E-state index < -0.39 is 98.5 Å². The van der Waals surface area contributed by atoms with Gasteiger partial charge in [-0.05, 0) is 42.7 Å². The molecule has 0 aromatic heterocycles. The van der Waals surface area contributed by atoms with Crippen LogP contribution in [0.15, 0.2) is 36.4 Å². The summed E-state index contributed by atoms with van der Waals surface area (Å²) in [4.78, 5) is 24.9. The van der Waals surface area contributed by atoms with Crippen molar-refractivity contribution in [3.05, 3.63) is 74.5 Å². The lowest BCUT2D eigenvalue weighted by Crippen LogP contribution is -2.39. The van der Waals surface area contributed by atoms with E-state index in [0.717, 1.165) is 0 Å². The fraction of sp³-hybridized carbons (Fsp3) is 0.360. The van der Waals surface area contributed by atoms with Crippen molar-refractivity contribution in [1.82, 2.24) is 5.32 Å². The predicted molar refractivity (Wildman–Crippen MR) is 125 cm³/mol. The Balaban J connectivity index is 1.96. The lowest BCUT2D eigenvalue weighted by Gasteiger charge is -2.19. The van der Waals surface area contributed by atoms with Gasteiger partial charge in [-0.2, -0.15) is 39.5 Å². The highest BCUT2D eigenvalue weighted by molar-refractivity contribution is 6.35. The van der Waals surface area contributed by atoms with Crippen LogP contribution >= 0.6 is 23.2 Å². The van der Waals surface area contributed by atoms with Crippen molar-refractivity contribution in [2.24, 2.45) is 5.41 Å². The number of nitrogens with one attached hydrogen (secondary N) is 1. The lowest BCUT2D eigenvalue weighted by molar-refractivity contribution is -0.141. The normalized spacial score (nSPS) is 16.4. The third-order valence-electron chi connectivity index (χ3n) is 6.22. The van der Waals surface area contributed by atoms with E-state index in [0.29, 0.717) is 24.3 Å². The molecule has 41 heavy (non-hydrogen) atoms. The zero-order valence-electron chi connectivity index (χ0n) is 20.1. The molecule has 3 rings (SSSR count). The molecule has 224 valence electrons. The Morgan fingerprint density at radius 2 is 1.51 bits per heavy atom. The number of benzene rings is 2. The second kappa shape index (κ2) is 11.4. The van der Waals surface area contributed by atoms with Gasteiger partial charge in [0.05, 0.1) is 21.0 Å². The largest absolute Gasteiger partial charge is 0.417 e. The van der Waals surface area contributed by atoms with Gasteiger partial charge >= 0.3 is 18.5 Å². The van der Waals surface area contributed by atoms with Crippen molar-refractivity contribution < 1.29 is 57.9 Å². The molecule has 1 aliphatic carbocycles. The Labute approximate surface area is 234 Å². The SMILES string of the molecule is O=C(CC1(C(=O)NCC(F)(F)F)CC1)c1ccc(/C(F)=C/C(c2cc(Cl)c(F)c(Cl)c2)C(F)(F)F)cc1C(F)(F)F. The maximum Gasteiger partial charge on any atom is 0.417 e. The smallest absolute Gasteiger partial charge is 0.346 e. The van der Waals surface area contributed by atoms with E-state index in [1.54, 1.807) is 5.32 Å². The Bertz CT molecular complexity index is 1350. The predicted octanol–water partition coefficient (Wildman–Crippen LogP) is 8.84.